The molecule has 0 amide bonds. The van der Waals surface area contributed by atoms with Crippen LogP contribution in [-0.2, 0) is 25.7 Å². The lowest BCUT2D eigenvalue weighted by atomic mass is 9.94. The van der Waals surface area contributed by atoms with Gasteiger partial charge in [-0.15, -0.1) is 0 Å². The number of hydrogen-bond donors (Lipinski definition) is 0. The monoisotopic (exact) mass is 414 g/mol. The second kappa shape index (κ2) is 9.01. The molecule has 158 valence electrons. The molecule has 5 aromatic rings. The summed E-state index contributed by atoms with van der Waals surface area (Å²) in [6, 6.07) is 36.0. The van der Waals surface area contributed by atoms with Crippen LogP contribution in [0.2, 0.25) is 0 Å². The first-order chi connectivity index (χ1) is 15.7. The van der Waals surface area contributed by atoms with E-state index in [9.17, 15) is 0 Å². The summed E-state index contributed by atoms with van der Waals surface area (Å²) < 4.78 is 0. The van der Waals surface area contributed by atoms with Crippen LogP contribution in [0.5, 0.6) is 0 Å². The normalized spacial score (nSPS) is 11.3. The zero-order chi connectivity index (χ0) is 21.9. The van der Waals surface area contributed by atoms with E-state index in [0.29, 0.717) is 0 Å². The molecule has 5 aromatic carbocycles. The fourth-order valence-electron chi connectivity index (χ4n) is 4.89. The van der Waals surface area contributed by atoms with Gasteiger partial charge in [0.1, 0.15) is 0 Å². The first-order valence-corrected chi connectivity index (χ1v) is 11.7. The molecule has 5 rings (SSSR count). The minimum absolute atomic E-state index is 1.08. The molecule has 32 heavy (non-hydrogen) atoms. The molecular weight excluding hydrogens is 384 g/mol. The van der Waals surface area contributed by atoms with Crippen LogP contribution < -0.4 is 0 Å². The van der Waals surface area contributed by atoms with E-state index in [4.69, 9.17) is 0 Å². The van der Waals surface area contributed by atoms with Gasteiger partial charge in [0.2, 0.25) is 0 Å². The molecule has 0 aliphatic heterocycles. The van der Waals surface area contributed by atoms with Crippen molar-refractivity contribution in [2.24, 2.45) is 0 Å². The molecule has 0 N–H and O–H groups in total. The zero-order valence-electron chi connectivity index (χ0n) is 19.1. The van der Waals surface area contributed by atoms with Gasteiger partial charge in [-0.3, -0.25) is 0 Å². The third-order valence-electron chi connectivity index (χ3n) is 6.85. The Bertz CT molecular complexity index is 1260. The highest BCUT2D eigenvalue weighted by Crippen LogP contribution is 2.25. The summed E-state index contributed by atoms with van der Waals surface area (Å²) in [4.78, 5) is 0. The van der Waals surface area contributed by atoms with Gasteiger partial charge in [-0.25, -0.2) is 0 Å². The van der Waals surface area contributed by atoms with Crippen molar-refractivity contribution < 1.29 is 0 Å². The summed E-state index contributed by atoms with van der Waals surface area (Å²) in [5.74, 6) is 0. The number of rotatable bonds is 6. The Labute approximate surface area is 191 Å². The van der Waals surface area contributed by atoms with Crippen LogP contribution in [0, 0.1) is 13.8 Å². The number of benzene rings is 5. The molecule has 0 atom stereocenters. The highest BCUT2D eigenvalue weighted by Gasteiger charge is 2.06. The van der Waals surface area contributed by atoms with Crippen molar-refractivity contribution in [3.8, 4) is 0 Å². The fourth-order valence-corrected chi connectivity index (χ4v) is 4.89. The molecular formula is C32H30. The molecule has 0 nitrogen and oxygen atoms in total. The van der Waals surface area contributed by atoms with Crippen molar-refractivity contribution in [2.45, 2.75) is 39.5 Å². The standard InChI is InChI=1S/C32H30/c1-23-11-19-27(31-9-5-3-7-29(23)31)21-17-25-13-15-26(16-14-25)18-22-28-20-12-24(2)30-8-4-6-10-32(28)30/h3-16,19-20H,17-18,21-22H2,1-2H3. The van der Waals surface area contributed by atoms with Crippen LogP contribution in [-0.4, -0.2) is 0 Å². The van der Waals surface area contributed by atoms with Gasteiger partial charge < -0.3 is 0 Å². The predicted octanol–water partition coefficient (Wildman–Crippen LogP) is 8.18. The Hall–Kier alpha value is -3.38. The van der Waals surface area contributed by atoms with Gasteiger partial charge in [-0.1, -0.05) is 97.1 Å². The third kappa shape index (κ3) is 4.18. The van der Waals surface area contributed by atoms with Gasteiger partial charge in [0.15, 0.2) is 0 Å². The van der Waals surface area contributed by atoms with Crippen LogP contribution in [0.3, 0.4) is 0 Å². The number of aryl methyl sites for hydroxylation is 6. The average Bonchev–Trinajstić information content (AvgIpc) is 2.84. The van der Waals surface area contributed by atoms with E-state index in [1.165, 1.54) is 54.9 Å². The van der Waals surface area contributed by atoms with Crippen LogP contribution in [0.4, 0.5) is 0 Å². The van der Waals surface area contributed by atoms with Gasteiger partial charge in [0.25, 0.3) is 0 Å². The first kappa shape index (κ1) is 20.5. The molecule has 0 fully saturated rings. The molecule has 0 bridgehead atoms. The van der Waals surface area contributed by atoms with Crippen LogP contribution in [0.1, 0.15) is 33.4 Å². The molecule has 0 aromatic heterocycles. The lowest BCUT2D eigenvalue weighted by molar-refractivity contribution is 0.947. The Balaban J connectivity index is 1.26. The van der Waals surface area contributed by atoms with E-state index in [1.54, 1.807) is 0 Å². The quantitative estimate of drug-likeness (QED) is 0.263. The maximum Gasteiger partial charge on any atom is -0.0149 e. The van der Waals surface area contributed by atoms with E-state index >= 15 is 0 Å². The fraction of sp³-hybridized carbons (Fsp3) is 0.188. The lowest BCUT2D eigenvalue weighted by Gasteiger charge is -2.11. The first-order valence-electron chi connectivity index (χ1n) is 11.7. The lowest BCUT2D eigenvalue weighted by Crippen LogP contribution is -1.96. The second-order valence-corrected chi connectivity index (χ2v) is 8.99. The van der Waals surface area contributed by atoms with E-state index in [2.05, 4.69) is 111 Å². The van der Waals surface area contributed by atoms with Gasteiger partial charge in [-0.2, -0.15) is 0 Å². The van der Waals surface area contributed by atoms with Crippen molar-refractivity contribution in [1.82, 2.24) is 0 Å². The summed E-state index contributed by atoms with van der Waals surface area (Å²) in [6.45, 7) is 4.40. The molecule has 0 radical (unpaired) electrons. The van der Waals surface area contributed by atoms with Crippen molar-refractivity contribution >= 4 is 21.5 Å². The molecule has 0 aliphatic carbocycles. The van der Waals surface area contributed by atoms with Gasteiger partial charge in [-0.05, 0) is 94.5 Å². The molecule has 0 unspecified atom stereocenters. The molecule has 0 saturated heterocycles. The topological polar surface area (TPSA) is 0 Å². The largest absolute Gasteiger partial charge is 0.0616 e. The molecule has 0 heteroatoms. The third-order valence-corrected chi connectivity index (χ3v) is 6.85. The van der Waals surface area contributed by atoms with Crippen molar-refractivity contribution in [2.75, 3.05) is 0 Å². The summed E-state index contributed by atoms with van der Waals surface area (Å²) in [5, 5.41) is 5.55. The second-order valence-electron chi connectivity index (χ2n) is 8.99. The summed E-state index contributed by atoms with van der Waals surface area (Å²) in [7, 11) is 0. The van der Waals surface area contributed by atoms with E-state index in [0.717, 1.165) is 25.7 Å². The van der Waals surface area contributed by atoms with Crippen LogP contribution in [0.25, 0.3) is 21.5 Å². The highest BCUT2D eigenvalue weighted by atomic mass is 14.1. The average molecular weight is 415 g/mol. The zero-order valence-corrected chi connectivity index (χ0v) is 19.1. The van der Waals surface area contributed by atoms with Gasteiger partial charge in [0, 0.05) is 0 Å². The van der Waals surface area contributed by atoms with Crippen molar-refractivity contribution in [3.63, 3.8) is 0 Å². The summed E-state index contributed by atoms with van der Waals surface area (Å²) >= 11 is 0. The Morgan fingerprint density at radius 1 is 0.375 bits per heavy atom. The van der Waals surface area contributed by atoms with Crippen molar-refractivity contribution in [1.29, 1.82) is 0 Å². The molecule has 0 heterocycles. The molecule has 0 aliphatic rings. The van der Waals surface area contributed by atoms with Gasteiger partial charge >= 0.3 is 0 Å². The van der Waals surface area contributed by atoms with Gasteiger partial charge in [0.05, 0.1) is 0 Å². The number of fused-ring (bicyclic) bond motifs is 2. The molecule has 0 saturated carbocycles. The van der Waals surface area contributed by atoms with E-state index in [1.807, 2.05) is 0 Å². The summed E-state index contributed by atoms with van der Waals surface area (Å²) in [5.41, 5.74) is 8.44. The maximum atomic E-state index is 2.32. The highest BCUT2D eigenvalue weighted by molar-refractivity contribution is 5.89. The predicted molar refractivity (Wildman–Crippen MR) is 139 cm³/mol. The van der Waals surface area contributed by atoms with E-state index in [-0.39, 0.29) is 0 Å². The smallest absolute Gasteiger partial charge is 0.0149 e. The minimum atomic E-state index is 1.08. The van der Waals surface area contributed by atoms with E-state index < -0.39 is 0 Å². The van der Waals surface area contributed by atoms with Crippen molar-refractivity contribution in [3.05, 3.63) is 130 Å². The minimum Gasteiger partial charge on any atom is -0.0616 e. The Kier molecular flexibility index (Phi) is 5.77. The van der Waals surface area contributed by atoms with Crippen LogP contribution in [0.15, 0.2) is 97.1 Å². The SMILES string of the molecule is Cc1ccc(CCc2ccc(CCc3ccc(C)c4ccccc34)cc2)c2ccccc12. The summed E-state index contributed by atoms with van der Waals surface area (Å²) in [6.07, 6.45) is 4.32. The molecule has 0 spiro atoms. The number of hydrogen-bond acceptors (Lipinski definition) is 0. The Morgan fingerprint density at radius 3 is 1.16 bits per heavy atom. The van der Waals surface area contributed by atoms with Crippen LogP contribution >= 0.6 is 0 Å². The Morgan fingerprint density at radius 2 is 0.750 bits per heavy atom. The maximum absolute atomic E-state index is 2.32.